The zero-order valence-corrected chi connectivity index (χ0v) is 9.00. The van der Waals surface area contributed by atoms with Crippen molar-refractivity contribution in [2.24, 2.45) is 5.92 Å². The molecule has 0 radical (unpaired) electrons. The van der Waals surface area contributed by atoms with Gasteiger partial charge in [-0.05, 0) is 36.1 Å². The fourth-order valence-corrected chi connectivity index (χ4v) is 1.90. The van der Waals surface area contributed by atoms with Crippen LogP contribution in [0, 0.1) is 5.92 Å². The van der Waals surface area contributed by atoms with Gasteiger partial charge in [-0.15, -0.1) is 0 Å². The number of ether oxygens (including phenoxy) is 1. The van der Waals surface area contributed by atoms with Gasteiger partial charge in [0.25, 0.3) is 0 Å². The molecule has 2 rings (SSSR count). The van der Waals surface area contributed by atoms with Gasteiger partial charge in [-0.25, -0.2) is 0 Å². The van der Waals surface area contributed by atoms with Crippen LogP contribution in [-0.4, -0.2) is 13.2 Å². The Hall–Kier alpha value is -1.18. The van der Waals surface area contributed by atoms with Crippen molar-refractivity contribution in [1.29, 1.82) is 0 Å². The summed E-state index contributed by atoms with van der Waals surface area (Å²) in [6.07, 6.45) is 1.12. The Kier molecular flexibility index (Phi) is 2.36. The minimum absolute atomic E-state index is 0.581. The molecule has 0 amide bonds. The minimum Gasteiger partial charge on any atom is -0.497 e. The van der Waals surface area contributed by atoms with E-state index in [1.165, 1.54) is 11.3 Å². The summed E-state index contributed by atoms with van der Waals surface area (Å²) in [6.45, 7) is 4.50. The normalized spacial score (nSPS) is 19.3. The average Bonchev–Trinajstić information content (AvgIpc) is 2.59. The van der Waals surface area contributed by atoms with Crippen molar-refractivity contribution in [2.45, 2.75) is 26.3 Å². The van der Waals surface area contributed by atoms with Gasteiger partial charge in [0.1, 0.15) is 5.75 Å². The summed E-state index contributed by atoms with van der Waals surface area (Å²) in [5.41, 5.74) is 2.65. The first-order valence-corrected chi connectivity index (χ1v) is 5.14. The van der Waals surface area contributed by atoms with E-state index in [1.54, 1.807) is 7.11 Å². The van der Waals surface area contributed by atoms with E-state index in [4.69, 9.17) is 4.74 Å². The Bertz CT molecular complexity index is 333. The van der Waals surface area contributed by atoms with Crippen LogP contribution < -0.4 is 10.1 Å². The number of fused-ring (bicyclic) bond motifs is 1. The van der Waals surface area contributed by atoms with Crippen molar-refractivity contribution in [3.63, 3.8) is 0 Å². The maximum Gasteiger partial charge on any atom is 0.119 e. The molecule has 0 aliphatic carbocycles. The highest BCUT2D eigenvalue weighted by Crippen LogP contribution is 2.31. The van der Waals surface area contributed by atoms with E-state index in [9.17, 15) is 0 Å². The van der Waals surface area contributed by atoms with Gasteiger partial charge in [-0.1, -0.05) is 13.8 Å². The van der Waals surface area contributed by atoms with Crippen molar-refractivity contribution in [3.05, 3.63) is 23.8 Å². The number of methoxy groups -OCH3 is 1. The van der Waals surface area contributed by atoms with E-state index >= 15 is 0 Å². The monoisotopic (exact) mass is 191 g/mol. The molecule has 1 unspecified atom stereocenters. The lowest BCUT2D eigenvalue weighted by atomic mass is 10.0. The molecule has 1 aliphatic heterocycles. The van der Waals surface area contributed by atoms with Gasteiger partial charge in [-0.2, -0.15) is 0 Å². The fourth-order valence-electron chi connectivity index (χ4n) is 1.90. The van der Waals surface area contributed by atoms with Crippen LogP contribution in [-0.2, 0) is 6.42 Å². The molecule has 1 aromatic rings. The first-order valence-electron chi connectivity index (χ1n) is 5.14. The zero-order valence-electron chi connectivity index (χ0n) is 9.00. The predicted octanol–water partition coefficient (Wildman–Crippen LogP) is 2.69. The fraction of sp³-hybridized carbons (Fsp3) is 0.500. The van der Waals surface area contributed by atoms with Crippen LogP contribution >= 0.6 is 0 Å². The first kappa shape index (κ1) is 9.38. The highest BCUT2D eigenvalue weighted by Gasteiger charge is 2.22. The van der Waals surface area contributed by atoms with Crippen LogP contribution in [0.25, 0.3) is 0 Å². The molecule has 1 atom stereocenters. The molecule has 14 heavy (non-hydrogen) atoms. The number of anilines is 1. The van der Waals surface area contributed by atoms with Gasteiger partial charge in [0.15, 0.2) is 0 Å². The quantitative estimate of drug-likeness (QED) is 0.776. The molecule has 0 saturated carbocycles. The SMILES string of the molecule is COc1ccc2c(c1)CC(C(C)C)N2. The molecule has 0 fully saturated rings. The molecule has 0 aromatic heterocycles. The summed E-state index contributed by atoms with van der Waals surface area (Å²) in [5, 5.41) is 3.53. The number of nitrogens with one attached hydrogen (secondary N) is 1. The van der Waals surface area contributed by atoms with E-state index in [0.717, 1.165) is 12.2 Å². The summed E-state index contributed by atoms with van der Waals surface area (Å²) < 4.78 is 5.21. The van der Waals surface area contributed by atoms with Crippen LogP contribution in [0.1, 0.15) is 19.4 Å². The molecule has 0 saturated heterocycles. The van der Waals surface area contributed by atoms with Crippen LogP contribution in [0.5, 0.6) is 5.75 Å². The van der Waals surface area contributed by atoms with E-state index < -0.39 is 0 Å². The van der Waals surface area contributed by atoms with Crippen LogP contribution in [0.2, 0.25) is 0 Å². The highest BCUT2D eigenvalue weighted by molar-refractivity contribution is 5.59. The third kappa shape index (κ3) is 1.57. The topological polar surface area (TPSA) is 21.3 Å². The Morgan fingerprint density at radius 2 is 2.21 bits per heavy atom. The standard InChI is InChI=1S/C12H17NO/c1-8(2)12-7-9-6-10(14-3)4-5-11(9)13-12/h4-6,8,12-13H,7H2,1-3H3. The van der Waals surface area contributed by atoms with E-state index in [0.29, 0.717) is 12.0 Å². The average molecular weight is 191 g/mol. The molecule has 0 spiro atoms. The second-order valence-electron chi connectivity index (χ2n) is 4.22. The van der Waals surface area contributed by atoms with E-state index in [-0.39, 0.29) is 0 Å². The lowest BCUT2D eigenvalue weighted by molar-refractivity contribution is 0.414. The smallest absolute Gasteiger partial charge is 0.119 e. The van der Waals surface area contributed by atoms with Gasteiger partial charge in [-0.3, -0.25) is 0 Å². The second-order valence-corrected chi connectivity index (χ2v) is 4.22. The number of hydrogen-bond acceptors (Lipinski definition) is 2. The Labute approximate surface area is 85.3 Å². The molecule has 1 N–H and O–H groups in total. The van der Waals surface area contributed by atoms with Crippen molar-refractivity contribution in [1.82, 2.24) is 0 Å². The van der Waals surface area contributed by atoms with E-state index in [1.807, 2.05) is 6.07 Å². The lowest BCUT2D eigenvalue weighted by Gasteiger charge is -2.14. The van der Waals surface area contributed by atoms with Crippen molar-refractivity contribution < 1.29 is 4.74 Å². The van der Waals surface area contributed by atoms with Crippen molar-refractivity contribution in [2.75, 3.05) is 12.4 Å². The van der Waals surface area contributed by atoms with Gasteiger partial charge >= 0.3 is 0 Å². The van der Waals surface area contributed by atoms with Crippen LogP contribution in [0.15, 0.2) is 18.2 Å². The second kappa shape index (κ2) is 3.52. The summed E-state index contributed by atoms with van der Waals surface area (Å²) in [4.78, 5) is 0. The van der Waals surface area contributed by atoms with Gasteiger partial charge in [0, 0.05) is 11.7 Å². The first-order chi connectivity index (χ1) is 6.70. The lowest BCUT2D eigenvalue weighted by Crippen LogP contribution is -2.21. The molecule has 1 aliphatic rings. The van der Waals surface area contributed by atoms with Crippen LogP contribution in [0.4, 0.5) is 5.69 Å². The van der Waals surface area contributed by atoms with Crippen LogP contribution in [0.3, 0.4) is 0 Å². The Morgan fingerprint density at radius 3 is 2.86 bits per heavy atom. The highest BCUT2D eigenvalue weighted by atomic mass is 16.5. The van der Waals surface area contributed by atoms with E-state index in [2.05, 4.69) is 31.3 Å². The van der Waals surface area contributed by atoms with Gasteiger partial charge in [0.2, 0.25) is 0 Å². The molecular formula is C12H17NO. The Balaban J connectivity index is 2.22. The van der Waals surface area contributed by atoms with Gasteiger partial charge < -0.3 is 10.1 Å². The molecule has 76 valence electrons. The minimum atomic E-state index is 0.581. The molecule has 1 heterocycles. The number of hydrogen-bond donors (Lipinski definition) is 1. The summed E-state index contributed by atoms with van der Waals surface area (Å²) in [5.74, 6) is 1.63. The van der Waals surface area contributed by atoms with Crippen molar-refractivity contribution >= 4 is 5.69 Å². The maximum atomic E-state index is 5.21. The van der Waals surface area contributed by atoms with Crippen molar-refractivity contribution in [3.8, 4) is 5.75 Å². The predicted molar refractivity (Wildman–Crippen MR) is 58.9 cm³/mol. The summed E-state index contributed by atoms with van der Waals surface area (Å²) in [7, 11) is 1.71. The zero-order chi connectivity index (χ0) is 10.1. The van der Waals surface area contributed by atoms with Gasteiger partial charge in [0.05, 0.1) is 7.11 Å². The number of rotatable bonds is 2. The molecule has 1 aromatic carbocycles. The summed E-state index contributed by atoms with van der Waals surface area (Å²) >= 11 is 0. The Morgan fingerprint density at radius 1 is 1.43 bits per heavy atom. The molecule has 2 nitrogen and oxygen atoms in total. The third-order valence-electron chi connectivity index (χ3n) is 2.90. The largest absolute Gasteiger partial charge is 0.497 e. The molecule has 0 bridgehead atoms. The molecule has 2 heteroatoms. The maximum absolute atomic E-state index is 5.21. The number of benzene rings is 1. The molecular weight excluding hydrogens is 174 g/mol. The third-order valence-corrected chi connectivity index (χ3v) is 2.90. The summed E-state index contributed by atoms with van der Waals surface area (Å²) in [6, 6.07) is 6.83.